The molecule has 2 aliphatic rings. The molecule has 1 spiro atoms. The molecule has 0 bridgehead atoms. The minimum atomic E-state index is -0.248. The first-order valence-corrected chi connectivity index (χ1v) is 10.5. The fourth-order valence-corrected chi connectivity index (χ4v) is 4.14. The van der Waals surface area contributed by atoms with E-state index in [1.165, 1.54) is 44.8 Å². The van der Waals surface area contributed by atoms with E-state index in [2.05, 4.69) is 30.6 Å². The van der Waals surface area contributed by atoms with E-state index < -0.39 is 0 Å². The lowest BCUT2D eigenvalue weighted by Crippen LogP contribution is -2.35. The smallest absolute Gasteiger partial charge is 0.273 e. The van der Waals surface area contributed by atoms with Gasteiger partial charge in [0.2, 0.25) is 0 Å². The summed E-state index contributed by atoms with van der Waals surface area (Å²) in [5.41, 5.74) is 5.16. The number of nitrogens with zero attached hydrogens (tertiary/aromatic N) is 5. The van der Waals surface area contributed by atoms with Crippen LogP contribution < -0.4 is 10.9 Å². The molecule has 5 heterocycles. The number of H-pyrrole nitrogens is 1. The highest BCUT2D eigenvalue weighted by atomic mass is 16.1. The normalized spacial score (nSPS) is 17.1. The Kier molecular flexibility index (Phi) is 4.58. The summed E-state index contributed by atoms with van der Waals surface area (Å²) in [5.74, 6) is 0. The van der Waals surface area contributed by atoms with Gasteiger partial charge in [-0.1, -0.05) is 6.42 Å². The SMILES string of the molecule is C1CCC2(CC2)NC1.Cc1cn2nc(-c3ccc4c(=O)[nH]ncc4n3)cc2c(C)n1. The molecule has 0 unspecified atom stereocenters. The molecule has 0 atom stereocenters. The predicted molar refractivity (Wildman–Crippen MR) is 115 cm³/mol. The van der Waals surface area contributed by atoms with E-state index in [9.17, 15) is 4.79 Å². The third-order valence-corrected chi connectivity index (χ3v) is 5.98. The quantitative estimate of drug-likeness (QED) is 0.507. The highest BCUT2D eigenvalue weighted by Gasteiger charge is 2.42. The monoisotopic (exact) mass is 403 g/mol. The molecule has 4 aromatic heterocycles. The van der Waals surface area contributed by atoms with Crippen LogP contribution in [0.2, 0.25) is 0 Å². The zero-order valence-corrected chi connectivity index (χ0v) is 17.3. The Morgan fingerprint density at radius 3 is 2.67 bits per heavy atom. The number of aryl methyl sites for hydroxylation is 2. The maximum absolute atomic E-state index is 11.7. The molecule has 8 nitrogen and oxygen atoms in total. The number of aromatic nitrogens is 6. The Morgan fingerprint density at radius 2 is 1.93 bits per heavy atom. The Morgan fingerprint density at radius 1 is 1.07 bits per heavy atom. The second-order valence-corrected chi connectivity index (χ2v) is 8.32. The Balaban J connectivity index is 0.000000200. The maximum Gasteiger partial charge on any atom is 0.273 e. The van der Waals surface area contributed by atoms with Crippen LogP contribution in [0, 0.1) is 13.8 Å². The molecule has 30 heavy (non-hydrogen) atoms. The predicted octanol–water partition coefficient (Wildman–Crippen LogP) is 2.94. The maximum atomic E-state index is 11.7. The second kappa shape index (κ2) is 7.28. The first-order valence-electron chi connectivity index (χ1n) is 10.5. The summed E-state index contributed by atoms with van der Waals surface area (Å²) < 4.78 is 1.80. The van der Waals surface area contributed by atoms with Crippen LogP contribution in [0.25, 0.3) is 27.8 Å². The van der Waals surface area contributed by atoms with Gasteiger partial charge in [-0.2, -0.15) is 10.2 Å². The van der Waals surface area contributed by atoms with Crippen LogP contribution in [0.4, 0.5) is 0 Å². The molecule has 2 N–H and O–H groups in total. The lowest BCUT2D eigenvalue weighted by atomic mass is 10.0. The van der Waals surface area contributed by atoms with E-state index in [0.717, 1.165) is 22.6 Å². The fourth-order valence-electron chi connectivity index (χ4n) is 4.14. The standard InChI is InChI=1S/C15H12N6O.C7H13N/c1-8-7-21-14(9(2)17-8)5-12(20-21)11-4-3-10-13(18-11)6-16-19-15(10)22;1-2-6-8-7(3-1)4-5-7/h3-7H,1-2H3,(H,19,22);8H,1-6H2. The van der Waals surface area contributed by atoms with Gasteiger partial charge in [-0.05, 0) is 64.3 Å². The van der Waals surface area contributed by atoms with Gasteiger partial charge in [-0.15, -0.1) is 0 Å². The van der Waals surface area contributed by atoms with E-state index in [4.69, 9.17) is 0 Å². The van der Waals surface area contributed by atoms with Gasteiger partial charge in [0, 0.05) is 5.54 Å². The van der Waals surface area contributed by atoms with Gasteiger partial charge >= 0.3 is 0 Å². The fraction of sp³-hybridized carbons (Fsp3) is 0.409. The van der Waals surface area contributed by atoms with Gasteiger partial charge in [-0.25, -0.2) is 14.6 Å². The van der Waals surface area contributed by atoms with Crippen LogP contribution in [-0.4, -0.2) is 41.9 Å². The van der Waals surface area contributed by atoms with Crippen molar-refractivity contribution in [1.82, 2.24) is 35.1 Å². The zero-order valence-electron chi connectivity index (χ0n) is 17.3. The summed E-state index contributed by atoms with van der Waals surface area (Å²) in [5, 5.41) is 14.8. The van der Waals surface area contributed by atoms with Crippen LogP contribution in [0.1, 0.15) is 43.5 Å². The summed E-state index contributed by atoms with van der Waals surface area (Å²) in [6.45, 7) is 5.16. The molecule has 0 amide bonds. The summed E-state index contributed by atoms with van der Waals surface area (Å²) in [4.78, 5) is 20.6. The van der Waals surface area contributed by atoms with Gasteiger partial charge in [0.1, 0.15) is 5.69 Å². The zero-order chi connectivity index (χ0) is 20.7. The van der Waals surface area contributed by atoms with Gasteiger partial charge < -0.3 is 5.32 Å². The first-order chi connectivity index (χ1) is 14.5. The van der Waals surface area contributed by atoms with E-state index in [1.807, 2.05) is 26.1 Å². The van der Waals surface area contributed by atoms with Crippen molar-refractivity contribution in [1.29, 1.82) is 0 Å². The highest BCUT2D eigenvalue weighted by Crippen LogP contribution is 2.41. The number of hydrogen-bond acceptors (Lipinski definition) is 6. The number of piperidine rings is 1. The van der Waals surface area contributed by atoms with Crippen molar-refractivity contribution in [3.63, 3.8) is 0 Å². The first kappa shape index (κ1) is 18.9. The molecule has 1 aliphatic carbocycles. The molecule has 1 saturated heterocycles. The van der Waals surface area contributed by atoms with Crippen molar-refractivity contribution in [3.8, 4) is 11.4 Å². The summed E-state index contributed by atoms with van der Waals surface area (Å²) >= 11 is 0. The Labute approximate surface area is 173 Å². The number of pyridine rings is 1. The molecule has 0 radical (unpaired) electrons. The van der Waals surface area contributed by atoms with Crippen molar-refractivity contribution in [2.45, 2.75) is 51.5 Å². The molecule has 154 valence electrons. The van der Waals surface area contributed by atoms with Crippen molar-refractivity contribution in [2.24, 2.45) is 0 Å². The van der Waals surface area contributed by atoms with Gasteiger partial charge in [0.15, 0.2) is 0 Å². The molecule has 1 saturated carbocycles. The Bertz CT molecular complexity index is 1280. The van der Waals surface area contributed by atoms with E-state index in [1.54, 1.807) is 16.6 Å². The third kappa shape index (κ3) is 3.59. The average Bonchev–Trinajstić information content (AvgIpc) is 3.33. The Hall–Kier alpha value is -3.13. The number of hydrogen-bond donors (Lipinski definition) is 2. The van der Waals surface area contributed by atoms with Gasteiger partial charge in [-0.3, -0.25) is 9.78 Å². The van der Waals surface area contributed by atoms with E-state index in [0.29, 0.717) is 22.1 Å². The van der Waals surface area contributed by atoms with Crippen LogP contribution >= 0.6 is 0 Å². The van der Waals surface area contributed by atoms with Crippen LogP contribution in [0.15, 0.2) is 35.4 Å². The number of rotatable bonds is 1. The van der Waals surface area contributed by atoms with Crippen molar-refractivity contribution in [2.75, 3.05) is 6.54 Å². The number of fused-ring (bicyclic) bond motifs is 2. The van der Waals surface area contributed by atoms with E-state index in [-0.39, 0.29) is 5.56 Å². The minimum absolute atomic E-state index is 0.248. The van der Waals surface area contributed by atoms with Gasteiger partial charge in [0.25, 0.3) is 5.56 Å². The molecule has 8 heteroatoms. The lowest BCUT2D eigenvalue weighted by molar-refractivity contribution is 0.385. The molecular formula is C22H25N7O. The lowest BCUT2D eigenvalue weighted by Gasteiger charge is -2.22. The summed E-state index contributed by atoms with van der Waals surface area (Å²) in [6, 6.07) is 5.46. The topological polar surface area (TPSA) is 101 Å². The summed E-state index contributed by atoms with van der Waals surface area (Å²) in [6.07, 6.45) is 10.6. The molecule has 4 aromatic rings. The minimum Gasteiger partial charge on any atom is -0.311 e. The molecular weight excluding hydrogens is 378 g/mol. The highest BCUT2D eigenvalue weighted by molar-refractivity contribution is 5.79. The van der Waals surface area contributed by atoms with Crippen molar-refractivity contribution in [3.05, 3.63) is 52.3 Å². The largest absolute Gasteiger partial charge is 0.311 e. The van der Waals surface area contributed by atoms with Crippen molar-refractivity contribution >= 4 is 16.4 Å². The number of nitrogens with one attached hydrogen (secondary N) is 2. The van der Waals surface area contributed by atoms with Crippen LogP contribution in [-0.2, 0) is 0 Å². The van der Waals surface area contributed by atoms with E-state index >= 15 is 0 Å². The molecule has 0 aromatic carbocycles. The number of aromatic amines is 1. The van der Waals surface area contributed by atoms with Crippen molar-refractivity contribution < 1.29 is 0 Å². The molecule has 1 aliphatic heterocycles. The average molecular weight is 403 g/mol. The van der Waals surface area contributed by atoms with Crippen LogP contribution in [0.5, 0.6) is 0 Å². The third-order valence-electron chi connectivity index (χ3n) is 5.98. The molecule has 2 fully saturated rings. The van der Waals surface area contributed by atoms with Gasteiger partial charge in [0.05, 0.1) is 45.9 Å². The molecule has 6 rings (SSSR count). The second-order valence-electron chi connectivity index (χ2n) is 8.32. The summed E-state index contributed by atoms with van der Waals surface area (Å²) in [7, 11) is 0. The van der Waals surface area contributed by atoms with Crippen LogP contribution in [0.3, 0.4) is 0 Å².